The van der Waals surface area contributed by atoms with Crippen LogP contribution < -0.4 is 4.72 Å². The molecule has 0 aliphatic carbocycles. The number of hydrogen-bond donors (Lipinski definition) is 1. The molecule has 0 bridgehead atoms. The lowest BCUT2D eigenvalue weighted by Crippen LogP contribution is -2.13. The van der Waals surface area contributed by atoms with Crippen molar-refractivity contribution in [2.45, 2.75) is 13.3 Å². The summed E-state index contributed by atoms with van der Waals surface area (Å²) in [5.41, 5.74) is 4.24. The summed E-state index contributed by atoms with van der Waals surface area (Å²) in [6, 6.07) is 11.7. The van der Waals surface area contributed by atoms with E-state index in [0.29, 0.717) is 5.56 Å². The number of hydrogen-bond acceptors (Lipinski definition) is 4. The largest absolute Gasteiger partial charge is 0.315 e. The number of halogens is 1. The summed E-state index contributed by atoms with van der Waals surface area (Å²) in [6.07, 6.45) is 7.99. The number of nitrogens with one attached hydrogen (secondary N) is 1. The third-order valence-corrected chi connectivity index (χ3v) is 5.11. The van der Waals surface area contributed by atoms with E-state index in [4.69, 9.17) is 0 Å². The Morgan fingerprint density at radius 2 is 1.97 bits per heavy atom. The third kappa shape index (κ3) is 4.12. The van der Waals surface area contributed by atoms with Gasteiger partial charge in [0.15, 0.2) is 11.6 Å². The molecule has 0 saturated carbocycles. The Labute approximate surface area is 168 Å². The highest BCUT2D eigenvalue weighted by molar-refractivity contribution is 7.92. The molecule has 0 atom stereocenters. The highest BCUT2D eigenvalue weighted by atomic mass is 32.2. The highest BCUT2D eigenvalue weighted by Gasteiger charge is 2.14. The predicted octanol–water partition coefficient (Wildman–Crippen LogP) is 3.83. The Kier molecular flexibility index (Phi) is 4.79. The molecule has 0 fully saturated rings. The number of pyridine rings is 2. The number of benzene rings is 1. The molecule has 1 N–H and O–H groups in total. The summed E-state index contributed by atoms with van der Waals surface area (Å²) in [7, 11) is -3.62. The van der Waals surface area contributed by atoms with E-state index < -0.39 is 15.8 Å². The number of nitrogens with zero attached hydrogens (tertiary/aromatic N) is 3. The number of anilines is 1. The third-order valence-electron chi connectivity index (χ3n) is 4.55. The molecule has 0 aliphatic rings. The van der Waals surface area contributed by atoms with Gasteiger partial charge in [-0.3, -0.25) is 9.71 Å². The van der Waals surface area contributed by atoms with Crippen LogP contribution in [0.4, 0.5) is 10.2 Å². The van der Waals surface area contributed by atoms with Crippen LogP contribution in [0.2, 0.25) is 0 Å². The minimum atomic E-state index is -3.62. The van der Waals surface area contributed by atoms with Crippen molar-refractivity contribution >= 4 is 26.7 Å². The van der Waals surface area contributed by atoms with Crippen molar-refractivity contribution in [3.63, 3.8) is 0 Å². The number of fused-ring (bicyclic) bond motifs is 1. The molecule has 0 aliphatic heterocycles. The molecule has 3 aromatic heterocycles. The van der Waals surface area contributed by atoms with Crippen molar-refractivity contribution in [3.05, 3.63) is 83.7 Å². The van der Waals surface area contributed by atoms with Gasteiger partial charge in [0.25, 0.3) is 0 Å². The van der Waals surface area contributed by atoms with Crippen LogP contribution in [0.3, 0.4) is 0 Å². The summed E-state index contributed by atoms with van der Waals surface area (Å²) >= 11 is 0. The molecule has 148 valence electrons. The van der Waals surface area contributed by atoms with E-state index >= 15 is 0 Å². The van der Waals surface area contributed by atoms with Gasteiger partial charge in [-0.05, 0) is 48.4 Å². The SMILES string of the molecule is Cc1ccc2c(ccn2-c2cncc(Cc3ccnc(NS(C)(=O)=O)c3F)c2)c1. The zero-order valence-corrected chi connectivity index (χ0v) is 16.7. The Hall–Kier alpha value is -3.26. The zero-order chi connectivity index (χ0) is 20.6. The van der Waals surface area contributed by atoms with Gasteiger partial charge in [0.1, 0.15) is 0 Å². The highest BCUT2D eigenvalue weighted by Crippen LogP contribution is 2.23. The molecule has 4 rings (SSSR count). The second kappa shape index (κ2) is 7.29. The summed E-state index contributed by atoms with van der Waals surface area (Å²) in [6.45, 7) is 2.05. The van der Waals surface area contributed by atoms with Crippen LogP contribution in [0.25, 0.3) is 16.6 Å². The molecule has 4 aromatic rings. The maximum Gasteiger partial charge on any atom is 0.231 e. The minimum Gasteiger partial charge on any atom is -0.315 e. The van der Waals surface area contributed by atoms with Crippen LogP contribution in [-0.2, 0) is 16.4 Å². The van der Waals surface area contributed by atoms with Gasteiger partial charge in [0.05, 0.1) is 23.7 Å². The van der Waals surface area contributed by atoms with Gasteiger partial charge in [0, 0.05) is 30.4 Å². The van der Waals surface area contributed by atoms with Crippen LogP contribution in [0, 0.1) is 12.7 Å². The van der Waals surface area contributed by atoms with Crippen molar-refractivity contribution in [2.24, 2.45) is 0 Å². The average Bonchev–Trinajstić information content (AvgIpc) is 3.07. The predicted molar refractivity (Wildman–Crippen MR) is 111 cm³/mol. The van der Waals surface area contributed by atoms with E-state index in [9.17, 15) is 12.8 Å². The molecule has 6 nitrogen and oxygen atoms in total. The first-order valence-corrected chi connectivity index (χ1v) is 10.8. The van der Waals surface area contributed by atoms with E-state index in [1.165, 1.54) is 17.8 Å². The summed E-state index contributed by atoms with van der Waals surface area (Å²) in [5.74, 6) is -0.994. The van der Waals surface area contributed by atoms with Crippen LogP contribution in [0.15, 0.2) is 61.2 Å². The lowest BCUT2D eigenvalue weighted by Gasteiger charge is -2.10. The van der Waals surface area contributed by atoms with Gasteiger partial charge in [-0.15, -0.1) is 0 Å². The standard InChI is InChI=1S/C21H19FN4O2S/c1-14-3-4-19-16(9-14)6-8-26(19)18-11-15(12-23-13-18)10-17-5-7-24-21(20(17)22)25-29(2,27)28/h3-9,11-13H,10H2,1-2H3,(H,24,25). The average molecular weight is 410 g/mol. The monoisotopic (exact) mass is 410 g/mol. The van der Waals surface area contributed by atoms with E-state index in [0.717, 1.165) is 28.4 Å². The van der Waals surface area contributed by atoms with E-state index in [-0.39, 0.29) is 12.2 Å². The molecule has 0 amide bonds. The van der Waals surface area contributed by atoms with Crippen LogP contribution in [0.1, 0.15) is 16.7 Å². The fraction of sp³-hybridized carbons (Fsp3) is 0.143. The fourth-order valence-corrected chi connectivity index (χ4v) is 3.77. The molecule has 3 heterocycles. The maximum atomic E-state index is 14.7. The van der Waals surface area contributed by atoms with Crippen molar-refractivity contribution in [1.29, 1.82) is 0 Å². The van der Waals surface area contributed by atoms with Crippen LogP contribution in [0.5, 0.6) is 0 Å². The first-order chi connectivity index (χ1) is 13.8. The first kappa shape index (κ1) is 19.1. The molecule has 0 spiro atoms. The van der Waals surface area contributed by atoms with Gasteiger partial charge in [-0.25, -0.2) is 17.8 Å². The summed E-state index contributed by atoms with van der Waals surface area (Å²) < 4.78 is 41.6. The number of aryl methyl sites for hydroxylation is 1. The Bertz CT molecular complexity index is 1320. The Balaban J connectivity index is 1.67. The molecular weight excluding hydrogens is 391 g/mol. The van der Waals surface area contributed by atoms with Crippen LogP contribution >= 0.6 is 0 Å². The van der Waals surface area contributed by atoms with Gasteiger partial charge >= 0.3 is 0 Å². The molecule has 0 unspecified atom stereocenters. The van der Waals surface area contributed by atoms with E-state index in [2.05, 4.69) is 39.8 Å². The maximum absolute atomic E-state index is 14.7. The van der Waals surface area contributed by atoms with Crippen molar-refractivity contribution in [3.8, 4) is 5.69 Å². The van der Waals surface area contributed by atoms with E-state index in [1.807, 2.05) is 22.9 Å². The smallest absolute Gasteiger partial charge is 0.231 e. The normalized spacial score (nSPS) is 11.7. The Morgan fingerprint density at radius 1 is 1.14 bits per heavy atom. The van der Waals surface area contributed by atoms with Gasteiger partial charge in [0.2, 0.25) is 10.0 Å². The molecule has 1 aromatic carbocycles. The van der Waals surface area contributed by atoms with Gasteiger partial charge in [-0.1, -0.05) is 11.6 Å². The lowest BCUT2D eigenvalue weighted by atomic mass is 10.1. The molecule has 0 saturated heterocycles. The number of aromatic nitrogens is 3. The summed E-state index contributed by atoms with van der Waals surface area (Å²) in [4.78, 5) is 8.08. The minimum absolute atomic E-state index is 0.256. The molecule has 29 heavy (non-hydrogen) atoms. The number of sulfonamides is 1. The Morgan fingerprint density at radius 3 is 2.76 bits per heavy atom. The van der Waals surface area contributed by atoms with Gasteiger partial charge in [-0.2, -0.15) is 0 Å². The van der Waals surface area contributed by atoms with E-state index in [1.54, 1.807) is 12.4 Å². The second-order valence-electron chi connectivity index (χ2n) is 6.98. The lowest BCUT2D eigenvalue weighted by molar-refractivity contribution is 0.599. The van der Waals surface area contributed by atoms with Crippen molar-refractivity contribution < 1.29 is 12.8 Å². The van der Waals surface area contributed by atoms with Crippen molar-refractivity contribution in [2.75, 3.05) is 11.0 Å². The quantitative estimate of drug-likeness (QED) is 0.542. The zero-order valence-electron chi connectivity index (χ0n) is 15.9. The fourth-order valence-electron chi connectivity index (χ4n) is 3.28. The van der Waals surface area contributed by atoms with Gasteiger partial charge < -0.3 is 4.57 Å². The second-order valence-corrected chi connectivity index (χ2v) is 8.73. The van der Waals surface area contributed by atoms with Crippen LogP contribution in [-0.4, -0.2) is 29.2 Å². The number of rotatable bonds is 5. The first-order valence-electron chi connectivity index (χ1n) is 8.93. The molecule has 0 radical (unpaired) electrons. The topological polar surface area (TPSA) is 76.9 Å². The molecule has 8 heteroatoms. The van der Waals surface area contributed by atoms with Crippen molar-refractivity contribution in [1.82, 2.24) is 14.5 Å². The molecular formula is C21H19FN4O2S. The summed E-state index contributed by atoms with van der Waals surface area (Å²) in [5, 5.41) is 1.13.